The Bertz CT molecular complexity index is 435. The van der Waals surface area contributed by atoms with Crippen LogP contribution in [0.2, 0.25) is 0 Å². The van der Waals surface area contributed by atoms with Crippen molar-refractivity contribution in [3.8, 4) is 11.5 Å². The molecule has 1 aromatic carbocycles. The standard InChI is InChI=1S/C11H14N2O3S/c1-15-9-6-7(11(13)17)2-3-8(9)16-5-4-10(12)14/h2-3,6H,4-5H2,1H3,(H2,12,14)(H2,13,17). The van der Waals surface area contributed by atoms with Crippen LogP contribution in [0.3, 0.4) is 0 Å². The van der Waals surface area contributed by atoms with Crippen molar-refractivity contribution in [2.75, 3.05) is 13.7 Å². The summed E-state index contributed by atoms with van der Waals surface area (Å²) in [5.41, 5.74) is 11.2. The van der Waals surface area contributed by atoms with Gasteiger partial charge in [-0.25, -0.2) is 0 Å². The third kappa shape index (κ3) is 3.92. The SMILES string of the molecule is COc1cc(C(N)=S)ccc1OCCC(N)=O. The molecule has 0 aliphatic carbocycles. The summed E-state index contributed by atoms with van der Waals surface area (Å²) in [6.07, 6.45) is 0.153. The van der Waals surface area contributed by atoms with Crippen LogP contribution < -0.4 is 20.9 Å². The van der Waals surface area contributed by atoms with Crippen LogP contribution in [0.1, 0.15) is 12.0 Å². The van der Waals surface area contributed by atoms with Gasteiger partial charge in [-0.05, 0) is 18.2 Å². The van der Waals surface area contributed by atoms with E-state index in [0.29, 0.717) is 17.1 Å². The second-order valence-corrected chi connectivity index (χ2v) is 3.73. The van der Waals surface area contributed by atoms with Gasteiger partial charge in [-0.15, -0.1) is 0 Å². The minimum atomic E-state index is -0.413. The third-order valence-electron chi connectivity index (χ3n) is 2.05. The van der Waals surface area contributed by atoms with Gasteiger partial charge in [-0.1, -0.05) is 12.2 Å². The average Bonchev–Trinajstić information content (AvgIpc) is 2.28. The van der Waals surface area contributed by atoms with E-state index in [1.54, 1.807) is 18.2 Å². The lowest BCUT2D eigenvalue weighted by atomic mass is 10.2. The number of ether oxygens (including phenoxy) is 2. The molecule has 0 saturated heterocycles. The van der Waals surface area contributed by atoms with Crippen molar-refractivity contribution in [3.05, 3.63) is 23.8 Å². The quantitative estimate of drug-likeness (QED) is 0.725. The van der Waals surface area contributed by atoms with E-state index in [0.717, 1.165) is 0 Å². The van der Waals surface area contributed by atoms with E-state index in [1.807, 2.05) is 0 Å². The topological polar surface area (TPSA) is 87.6 Å². The fourth-order valence-electron chi connectivity index (χ4n) is 1.20. The normalized spacial score (nSPS) is 9.71. The summed E-state index contributed by atoms with van der Waals surface area (Å²) >= 11 is 4.85. The van der Waals surface area contributed by atoms with Crippen molar-refractivity contribution in [1.82, 2.24) is 0 Å². The number of hydrogen-bond acceptors (Lipinski definition) is 4. The van der Waals surface area contributed by atoms with Crippen molar-refractivity contribution >= 4 is 23.1 Å². The molecule has 0 spiro atoms. The molecule has 0 aliphatic rings. The molecular formula is C11H14N2O3S. The number of carbonyl (C=O) groups excluding carboxylic acids is 1. The van der Waals surface area contributed by atoms with E-state index in [4.69, 9.17) is 33.2 Å². The van der Waals surface area contributed by atoms with Crippen molar-refractivity contribution in [2.24, 2.45) is 11.5 Å². The summed E-state index contributed by atoms with van der Waals surface area (Å²) in [5.74, 6) is 0.622. The van der Waals surface area contributed by atoms with Crippen LogP contribution in [0.25, 0.3) is 0 Å². The molecule has 0 atom stereocenters. The number of amides is 1. The highest BCUT2D eigenvalue weighted by Crippen LogP contribution is 2.28. The van der Waals surface area contributed by atoms with Gasteiger partial charge in [0.2, 0.25) is 5.91 Å². The molecule has 1 amide bonds. The molecule has 6 heteroatoms. The number of primary amides is 1. The second kappa shape index (κ2) is 6.05. The summed E-state index contributed by atoms with van der Waals surface area (Å²) in [7, 11) is 1.51. The number of benzene rings is 1. The Labute approximate surface area is 105 Å². The Morgan fingerprint density at radius 3 is 2.59 bits per heavy atom. The third-order valence-corrected chi connectivity index (χ3v) is 2.29. The van der Waals surface area contributed by atoms with Crippen LogP contribution in [-0.4, -0.2) is 24.6 Å². The Kier molecular flexibility index (Phi) is 4.71. The van der Waals surface area contributed by atoms with Gasteiger partial charge in [0.05, 0.1) is 20.1 Å². The van der Waals surface area contributed by atoms with Crippen LogP contribution in [0.5, 0.6) is 11.5 Å². The average molecular weight is 254 g/mol. The van der Waals surface area contributed by atoms with E-state index < -0.39 is 5.91 Å². The van der Waals surface area contributed by atoms with Crippen LogP contribution in [0.4, 0.5) is 0 Å². The first-order chi connectivity index (χ1) is 8.04. The van der Waals surface area contributed by atoms with Crippen LogP contribution >= 0.6 is 12.2 Å². The van der Waals surface area contributed by atoms with Gasteiger partial charge in [0.25, 0.3) is 0 Å². The highest BCUT2D eigenvalue weighted by molar-refractivity contribution is 7.80. The first-order valence-corrected chi connectivity index (χ1v) is 5.34. The molecule has 92 valence electrons. The largest absolute Gasteiger partial charge is 0.493 e. The highest BCUT2D eigenvalue weighted by atomic mass is 32.1. The zero-order chi connectivity index (χ0) is 12.8. The lowest BCUT2D eigenvalue weighted by molar-refractivity contribution is -0.118. The van der Waals surface area contributed by atoms with Crippen LogP contribution in [0, 0.1) is 0 Å². The monoisotopic (exact) mass is 254 g/mol. The van der Waals surface area contributed by atoms with E-state index in [9.17, 15) is 4.79 Å². The Balaban J connectivity index is 2.78. The number of nitrogens with two attached hydrogens (primary N) is 2. The number of methoxy groups -OCH3 is 1. The predicted octanol–water partition coefficient (Wildman–Crippen LogP) is 0.584. The van der Waals surface area contributed by atoms with Gasteiger partial charge in [-0.3, -0.25) is 4.79 Å². The zero-order valence-corrected chi connectivity index (χ0v) is 10.3. The predicted molar refractivity (Wildman–Crippen MR) is 68.2 cm³/mol. The van der Waals surface area contributed by atoms with E-state index in [1.165, 1.54) is 7.11 Å². The summed E-state index contributed by atoms with van der Waals surface area (Å²) in [4.78, 5) is 10.8. The molecule has 1 aromatic rings. The molecule has 0 radical (unpaired) electrons. The van der Waals surface area contributed by atoms with Crippen molar-refractivity contribution in [2.45, 2.75) is 6.42 Å². The smallest absolute Gasteiger partial charge is 0.220 e. The lowest BCUT2D eigenvalue weighted by Crippen LogP contribution is -2.15. The maximum absolute atomic E-state index is 10.6. The first kappa shape index (κ1) is 13.2. The molecule has 0 aliphatic heterocycles. The van der Waals surface area contributed by atoms with Gasteiger partial charge < -0.3 is 20.9 Å². The summed E-state index contributed by atoms with van der Waals surface area (Å²) in [6.45, 7) is 0.206. The van der Waals surface area contributed by atoms with Crippen molar-refractivity contribution < 1.29 is 14.3 Å². The molecule has 5 nitrogen and oxygen atoms in total. The van der Waals surface area contributed by atoms with Gasteiger partial charge in [0.15, 0.2) is 11.5 Å². The molecule has 0 bridgehead atoms. The molecule has 0 saturated carbocycles. The van der Waals surface area contributed by atoms with E-state index >= 15 is 0 Å². The Hall–Kier alpha value is -1.82. The molecule has 0 heterocycles. The fraction of sp³-hybridized carbons (Fsp3) is 0.273. The van der Waals surface area contributed by atoms with Gasteiger partial charge in [-0.2, -0.15) is 0 Å². The Morgan fingerprint density at radius 1 is 1.35 bits per heavy atom. The summed E-state index contributed by atoms with van der Waals surface area (Å²) in [5, 5.41) is 0. The van der Waals surface area contributed by atoms with E-state index in [-0.39, 0.29) is 18.0 Å². The number of rotatable bonds is 6. The molecular weight excluding hydrogens is 240 g/mol. The Morgan fingerprint density at radius 2 is 2.06 bits per heavy atom. The maximum Gasteiger partial charge on any atom is 0.220 e. The summed E-state index contributed by atoms with van der Waals surface area (Å²) in [6, 6.07) is 5.10. The molecule has 0 fully saturated rings. The van der Waals surface area contributed by atoms with Crippen molar-refractivity contribution in [3.63, 3.8) is 0 Å². The van der Waals surface area contributed by atoms with Crippen LogP contribution in [-0.2, 0) is 4.79 Å². The lowest BCUT2D eigenvalue weighted by Gasteiger charge is -2.11. The van der Waals surface area contributed by atoms with E-state index in [2.05, 4.69) is 0 Å². The minimum Gasteiger partial charge on any atom is -0.493 e. The molecule has 4 N–H and O–H groups in total. The number of hydrogen-bond donors (Lipinski definition) is 2. The zero-order valence-electron chi connectivity index (χ0n) is 9.43. The highest BCUT2D eigenvalue weighted by Gasteiger charge is 2.07. The van der Waals surface area contributed by atoms with Gasteiger partial charge in [0, 0.05) is 5.56 Å². The minimum absolute atomic E-state index is 0.153. The van der Waals surface area contributed by atoms with Crippen molar-refractivity contribution in [1.29, 1.82) is 0 Å². The van der Waals surface area contributed by atoms with Crippen LogP contribution in [0.15, 0.2) is 18.2 Å². The summed E-state index contributed by atoms with van der Waals surface area (Å²) < 4.78 is 10.5. The maximum atomic E-state index is 10.6. The first-order valence-electron chi connectivity index (χ1n) is 4.93. The molecule has 17 heavy (non-hydrogen) atoms. The van der Waals surface area contributed by atoms with Gasteiger partial charge in [0.1, 0.15) is 4.99 Å². The van der Waals surface area contributed by atoms with Gasteiger partial charge >= 0.3 is 0 Å². The second-order valence-electron chi connectivity index (χ2n) is 3.29. The molecule has 0 unspecified atom stereocenters. The molecule has 0 aromatic heterocycles. The molecule has 1 rings (SSSR count). The fourth-order valence-corrected chi connectivity index (χ4v) is 1.33. The number of thiocarbonyl (C=S) groups is 1. The number of carbonyl (C=O) groups is 1.